The molecular weight excluding hydrogens is 310 g/mol. The van der Waals surface area contributed by atoms with E-state index in [0.717, 1.165) is 11.0 Å². The minimum atomic E-state index is 0. The van der Waals surface area contributed by atoms with Gasteiger partial charge in [0.15, 0.2) is 0 Å². The Morgan fingerprint density at radius 3 is 1.95 bits per heavy atom. The maximum absolute atomic E-state index is 2.35. The molecule has 0 bridgehead atoms. The number of benzene rings is 1. The Bertz CT molecular complexity index is 321. The topological polar surface area (TPSA) is 0 Å². The van der Waals surface area contributed by atoms with Crippen LogP contribution in [-0.4, -0.2) is 25.1 Å². The van der Waals surface area contributed by atoms with Crippen molar-refractivity contribution in [1.29, 1.82) is 0 Å². The molecule has 0 aliphatic heterocycles. The first-order valence-corrected chi connectivity index (χ1v) is 8.00. The molecular formula is C18H32BrN. The SMILES string of the molecule is CCCCCCCCC[N+](C)(C)Cc1ccccc1.[Br-]. The van der Waals surface area contributed by atoms with E-state index >= 15 is 0 Å². The van der Waals surface area contributed by atoms with E-state index in [1.807, 2.05) is 0 Å². The van der Waals surface area contributed by atoms with Crippen molar-refractivity contribution < 1.29 is 21.5 Å². The zero-order valence-corrected chi connectivity index (χ0v) is 15.2. The summed E-state index contributed by atoms with van der Waals surface area (Å²) in [6, 6.07) is 10.9. The van der Waals surface area contributed by atoms with E-state index in [1.54, 1.807) is 0 Å². The van der Waals surface area contributed by atoms with Crippen molar-refractivity contribution in [3.05, 3.63) is 35.9 Å². The van der Waals surface area contributed by atoms with Gasteiger partial charge in [-0.2, -0.15) is 0 Å². The van der Waals surface area contributed by atoms with E-state index in [9.17, 15) is 0 Å². The van der Waals surface area contributed by atoms with Crippen LogP contribution in [0, 0.1) is 0 Å². The van der Waals surface area contributed by atoms with Gasteiger partial charge in [-0.1, -0.05) is 69.4 Å². The molecule has 0 heterocycles. The molecule has 0 amide bonds. The normalized spacial score (nSPS) is 11.2. The first-order chi connectivity index (χ1) is 9.14. The van der Waals surface area contributed by atoms with Crippen molar-refractivity contribution in [2.45, 2.75) is 58.4 Å². The van der Waals surface area contributed by atoms with Crippen LogP contribution >= 0.6 is 0 Å². The van der Waals surface area contributed by atoms with E-state index in [2.05, 4.69) is 51.4 Å². The standard InChI is InChI=1S/C18H32N.BrH/c1-4-5-6-7-8-9-13-16-19(2,3)17-18-14-11-10-12-15-18;/h10-12,14-15H,4-9,13,16-17H2,1-3H3;1H/q+1;/p-1. The van der Waals surface area contributed by atoms with Gasteiger partial charge in [-0.25, -0.2) is 0 Å². The molecule has 20 heavy (non-hydrogen) atoms. The van der Waals surface area contributed by atoms with Crippen LogP contribution in [0.2, 0.25) is 0 Å². The molecule has 0 N–H and O–H groups in total. The summed E-state index contributed by atoms with van der Waals surface area (Å²) in [5.41, 5.74) is 1.45. The highest BCUT2D eigenvalue weighted by molar-refractivity contribution is 5.13. The third-order valence-corrected chi connectivity index (χ3v) is 3.82. The molecule has 0 unspecified atom stereocenters. The van der Waals surface area contributed by atoms with Gasteiger partial charge in [-0.15, -0.1) is 0 Å². The molecule has 1 aromatic carbocycles. The highest BCUT2D eigenvalue weighted by Gasteiger charge is 2.14. The van der Waals surface area contributed by atoms with Crippen molar-refractivity contribution in [3.63, 3.8) is 0 Å². The number of hydrogen-bond donors (Lipinski definition) is 0. The van der Waals surface area contributed by atoms with E-state index < -0.39 is 0 Å². The second-order valence-electron chi connectivity index (χ2n) is 6.42. The summed E-state index contributed by atoms with van der Waals surface area (Å²) in [5.74, 6) is 0. The maximum atomic E-state index is 2.35. The fourth-order valence-electron chi connectivity index (χ4n) is 2.65. The second-order valence-corrected chi connectivity index (χ2v) is 6.42. The Labute approximate surface area is 136 Å². The number of nitrogens with zero attached hydrogens (tertiary/aromatic N) is 1. The fraction of sp³-hybridized carbons (Fsp3) is 0.667. The van der Waals surface area contributed by atoms with E-state index in [0.29, 0.717) is 0 Å². The predicted octanol–water partition coefficient (Wildman–Crippen LogP) is 2.02. The van der Waals surface area contributed by atoms with Gasteiger partial charge in [-0.3, -0.25) is 0 Å². The smallest absolute Gasteiger partial charge is 0.104 e. The van der Waals surface area contributed by atoms with Crippen LogP contribution in [0.1, 0.15) is 57.4 Å². The Kier molecular flexibility index (Phi) is 11.1. The van der Waals surface area contributed by atoms with Crippen molar-refractivity contribution in [3.8, 4) is 0 Å². The van der Waals surface area contributed by atoms with Crippen LogP contribution in [0.3, 0.4) is 0 Å². The first kappa shape index (κ1) is 19.7. The minimum Gasteiger partial charge on any atom is -1.00 e. The third-order valence-electron chi connectivity index (χ3n) is 3.82. The molecule has 1 rings (SSSR count). The molecule has 0 fully saturated rings. The summed E-state index contributed by atoms with van der Waals surface area (Å²) >= 11 is 0. The van der Waals surface area contributed by atoms with Gasteiger partial charge in [0.25, 0.3) is 0 Å². The lowest BCUT2D eigenvalue weighted by Gasteiger charge is -2.30. The number of halogens is 1. The Morgan fingerprint density at radius 1 is 0.800 bits per heavy atom. The molecule has 0 aromatic heterocycles. The van der Waals surface area contributed by atoms with E-state index in [-0.39, 0.29) is 17.0 Å². The second kappa shape index (κ2) is 11.3. The zero-order chi connectivity index (χ0) is 14.0. The lowest BCUT2D eigenvalue weighted by molar-refractivity contribution is -0.903. The summed E-state index contributed by atoms with van der Waals surface area (Å²) in [4.78, 5) is 0. The van der Waals surface area contributed by atoms with Crippen LogP contribution in [-0.2, 0) is 6.54 Å². The van der Waals surface area contributed by atoms with Gasteiger partial charge < -0.3 is 21.5 Å². The zero-order valence-electron chi connectivity index (χ0n) is 13.6. The molecule has 0 saturated carbocycles. The molecule has 0 atom stereocenters. The lowest BCUT2D eigenvalue weighted by Crippen LogP contribution is -3.00. The number of rotatable bonds is 10. The highest BCUT2D eigenvalue weighted by Crippen LogP contribution is 2.12. The molecule has 116 valence electrons. The van der Waals surface area contributed by atoms with Crippen LogP contribution < -0.4 is 17.0 Å². The van der Waals surface area contributed by atoms with Crippen LogP contribution in [0.5, 0.6) is 0 Å². The Morgan fingerprint density at radius 2 is 1.35 bits per heavy atom. The quantitative estimate of drug-likeness (QED) is 0.451. The molecule has 0 aliphatic rings. The average Bonchev–Trinajstić information content (AvgIpc) is 2.38. The average molecular weight is 342 g/mol. The number of unbranched alkanes of at least 4 members (excludes halogenated alkanes) is 6. The largest absolute Gasteiger partial charge is 1.00 e. The van der Waals surface area contributed by atoms with Gasteiger partial charge >= 0.3 is 0 Å². The predicted molar refractivity (Wildman–Crippen MR) is 85.1 cm³/mol. The van der Waals surface area contributed by atoms with Crippen LogP contribution in [0.4, 0.5) is 0 Å². The van der Waals surface area contributed by atoms with E-state index in [4.69, 9.17) is 0 Å². The summed E-state index contributed by atoms with van der Waals surface area (Å²) in [5, 5.41) is 0. The van der Waals surface area contributed by atoms with Crippen LogP contribution in [0.25, 0.3) is 0 Å². The van der Waals surface area contributed by atoms with Crippen molar-refractivity contribution >= 4 is 0 Å². The van der Waals surface area contributed by atoms with Gasteiger partial charge in [0.05, 0.1) is 20.6 Å². The van der Waals surface area contributed by atoms with Crippen molar-refractivity contribution in [1.82, 2.24) is 0 Å². The van der Waals surface area contributed by atoms with Crippen molar-refractivity contribution in [2.24, 2.45) is 0 Å². The summed E-state index contributed by atoms with van der Waals surface area (Å²) in [7, 11) is 4.70. The van der Waals surface area contributed by atoms with Gasteiger partial charge in [0.1, 0.15) is 6.54 Å². The summed E-state index contributed by atoms with van der Waals surface area (Å²) < 4.78 is 1.11. The molecule has 0 radical (unpaired) electrons. The minimum absolute atomic E-state index is 0. The van der Waals surface area contributed by atoms with Gasteiger partial charge in [-0.05, 0) is 12.8 Å². The molecule has 0 saturated heterocycles. The van der Waals surface area contributed by atoms with Gasteiger partial charge in [0, 0.05) is 5.56 Å². The Hall–Kier alpha value is -0.340. The lowest BCUT2D eigenvalue weighted by atomic mass is 10.1. The fourth-order valence-corrected chi connectivity index (χ4v) is 2.65. The first-order valence-electron chi connectivity index (χ1n) is 8.00. The van der Waals surface area contributed by atoms with Gasteiger partial charge in [0.2, 0.25) is 0 Å². The summed E-state index contributed by atoms with van der Waals surface area (Å²) in [6.45, 7) is 4.73. The molecule has 2 heteroatoms. The molecule has 0 aliphatic carbocycles. The van der Waals surface area contributed by atoms with E-state index in [1.165, 1.54) is 57.1 Å². The highest BCUT2D eigenvalue weighted by atomic mass is 79.9. The van der Waals surface area contributed by atoms with Crippen LogP contribution in [0.15, 0.2) is 30.3 Å². The molecule has 1 aromatic rings. The summed E-state index contributed by atoms with van der Waals surface area (Å²) in [6.07, 6.45) is 9.81. The maximum Gasteiger partial charge on any atom is 0.104 e. The number of quaternary nitrogens is 1. The molecule has 1 nitrogen and oxygen atoms in total. The Balaban J connectivity index is 0.00000361. The monoisotopic (exact) mass is 341 g/mol. The number of hydrogen-bond acceptors (Lipinski definition) is 0. The molecule has 0 spiro atoms. The van der Waals surface area contributed by atoms with Crippen molar-refractivity contribution in [2.75, 3.05) is 20.6 Å². The third kappa shape index (κ3) is 9.55.